The maximum Gasteiger partial charge on any atom is 0.135 e. The summed E-state index contributed by atoms with van der Waals surface area (Å²) in [5.74, 6) is 3.11. The van der Waals surface area contributed by atoms with Crippen LogP contribution in [0.25, 0.3) is 0 Å². The number of hydrogen-bond acceptors (Lipinski definition) is 4. The van der Waals surface area contributed by atoms with Crippen LogP contribution in [0, 0.1) is 6.92 Å². The van der Waals surface area contributed by atoms with Crippen molar-refractivity contribution in [2.24, 2.45) is 0 Å². The fourth-order valence-corrected chi connectivity index (χ4v) is 1.47. The standard InChI is InChI=1S/C12H22N4/c1-6-13-11-9(5)12(14-7-2)16-10(15-11)8(3)4/h8H,6-7H2,1-5H3,(H2,13,14,15,16). The summed E-state index contributed by atoms with van der Waals surface area (Å²) in [5.41, 5.74) is 1.09. The lowest BCUT2D eigenvalue weighted by molar-refractivity contribution is 0.772. The van der Waals surface area contributed by atoms with E-state index in [2.05, 4.69) is 48.3 Å². The molecule has 0 aliphatic rings. The topological polar surface area (TPSA) is 49.8 Å². The van der Waals surface area contributed by atoms with Crippen LogP contribution in [-0.4, -0.2) is 23.1 Å². The summed E-state index contributed by atoms with van der Waals surface area (Å²) < 4.78 is 0. The fourth-order valence-electron chi connectivity index (χ4n) is 1.47. The minimum atomic E-state index is 0.343. The maximum absolute atomic E-state index is 4.54. The van der Waals surface area contributed by atoms with Gasteiger partial charge in [-0.25, -0.2) is 9.97 Å². The second-order valence-corrected chi connectivity index (χ2v) is 4.12. The number of nitrogens with zero attached hydrogens (tertiary/aromatic N) is 2. The van der Waals surface area contributed by atoms with E-state index in [1.807, 2.05) is 6.92 Å². The van der Waals surface area contributed by atoms with E-state index in [1.165, 1.54) is 0 Å². The molecule has 1 aromatic rings. The number of anilines is 2. The number of nitrogens with one attached hydrogen (secondary N) is 2. The van der Waals surface area contributed by atoms with Gasteiger partial charge in [-0.2, -0.15) is 0 Å². The maximum atomic E-state index is 4.54. The summed E-state index contributed by atoms with van der Waals surface area (Å²) in [6, 6.07) is 0. The Morgan fingerprint density at radius 1 is 1.00 bits per heavy atom. The third-order valence-corrected chi connectivity index (χ3v) is 2.37. The number of aromatic nitrogens is 2. The van der Waals surface area contributed by atoms with Gasteiger partial charge in [0.25, 0.3) is 0 Å². The van der Waals surface area contributed by atoms with Gasteiger partial charge in [-0.05, 0) is 20.8 Å². The van der Waals surface area contributed by atoms with Crippen LogP contribution in [0.4, 0.5) is 11.6 Å². The van der Waals surface area contributed by atoms with Crippen LogP contribution in [0.1, 0.15) is 45.0 Å². The molecule has 0 spiro atoms. The molecule has 0 bridgehead atoms. The van der Waals surface area contributed by atoms with E-state index in [0.717, 1.165) is 36.1 Å². The molecule has 1 rings (SSSR count). The average molecular weight is 222 g/mol. The Hall–Kier alpha value is -1.32. The van der Waals surface area contributed by atoms with E-state index in [-0.39, 0.29) is 0 Å². The molecule has 1 heterocycles. The Morgan fingerprint density at radius 2 is 1.44 bits per heavy atom. The summed E-state index contributed by atoms with van der Waals surface area (Å²) in [4.78, 5) is 9.08. The van der Waals surface area contributed by atoms with Crippen molar-refractivity contribution in [2.75, 3.05) is 23.7 Å². The van der Waals surface area contributed by atoms with Crippen molar-refractivity contribution in [3.05, 3.63) is 11.4 Å². The first kappa shape index (κ1) is 12.7. The van der Waals surface area contributed by atoms with Gasteiger partial charge in [-0.1, -0.05) is 13.8 Å². The third-order valence-electron chi connectivity index (χ3n) is 2.37. The minimum Gasteiger partial charge on any atom is -0.370 e. The molecule has 0 fully saturated rings. The van der Waals surface area contributed by atoms with Crippen molar-refractivity contribution < 1.29 is 0 Å². The molecule has 4 heteroatoms. The monoisotopic (exact) mass is 222 g/mol. The highest BCUT2D eigenvalue weighted by Crippen LogP contribution is 2.22. The van der Waals surface area contributed by atoms with Crippen LogP contribution >= 0.6 is 0 Å². The van der Waals surface area contributed by atoms with Crippen molar-refractivity contribution in [3.8, 4) is 0 Å². The highest BCUT2D eigenvalue weighted by Gasteiger charge is 2.11. The van der Waals surface area contributed by atoms with Crippen molar-refractivity contribution in [3.63, 3.8) is 0 Å². The van der Waals surface area contributed by atoms with Gasteiger partial charge < -0.3 is 10.6 Å². The summed E-state index contributed by atoms with van der Waals surface area (Å²) in [6.07, 6.45) is 0. The molecule has 0 saturated heterocycles. The van der Waals surface area contributed by atoms with Gasteiger partial charge in [0.15, 0.2) is 0 Å². The van der Waals surface area contributed by atoms with Gasteiger partial charge in [-0.3, -0.25) is 0 Å². The lowest BCUT2D eigenvalue weighted by atomic mass is 10.2. The zero-order chi connectivity index (χ0) is 12.1. The van der Waals surface area contributed by atoms with Crippen LogP contribution < -0.4 is 10.6 Å². The molecule has 1 aromatic heterocycles. The lowest BCUT2D eigenvalue weighted by Gasteiger charge is -2.15. The molecule has 0 aliphatic carbocycles. The third kappa shape index (κ3) is 2.84. The van der Waals surface area contributed by atoms with Crippen molar-refractivity contribution in [2.45, 2.75) is 40.5 Å². The quantitative estimate of drug-likeness (QED) is 0.804. The lowest BCUT2D eigenvalue weighted by Crippen LogP contribution is -2.11. The molecular formula is C12H22N4. The summed E-state index contributed by atoms with van der Waals surface area (Å²) in [7, 11) is 0. The highest BCUT2D eigenvalue weighted by atomic mass is 15.1. The number of hydrogen-bond donors (Lipinski definition) is 2. The molecular weight excluding hydrogens is 200 g/mol. The first-order valence-electron chi connectivity index (χ1n) is 5.96. The molecule has 0 amide bonds. The Balaban J connectivity index is 3.16. The van der Waals surface area contributed by atoms with Crippen LogP contribution in [-0.2, 0) is 0 Å². The highest BCUT2D eigenvalue weighted by molar-refractivity contribution is 5.57. The van der Waals surface area contributed by atoms with Gasteiger partial charge in [0, 0.05) is 24.6 Å². The molecule has 16 heavy (non-hydrogen) atoms. The van der Waals surface area contributed by atoms with Crippen molar-refractivity contribution >= 4 is 11.6 Å². The van der Waals surface area contributed by atoms with E-state index in [0.29, 0.717) is 5.92 Å². The van der Waals surface area contributed by atoms with Gasteiger partial charge in [0.05, 0.1) is 0 Å². The Bertz CT molecular complexity index is 320. The smallest absolute Gasteiger partial charge is 0.135 e. The average Bonchev–Trinajstić information content (AvgIpc) is 2.24. The van der Waals surface area contributed by atoms with E-state index >= 15 is 0 Å². The second-order valence-electron chi connectivity index (χ2n) is 4.12. The van der Waals surface area contributed by atoms with E-state index in [4.69, 9.17) is 0 Å². The molecule has 4 nitrogen and oxygen atoms in total. The van der Waals surface area contributed by atoms with Crippen LogP contribution in [0.5, 0.6) is 0 Å². The zero-order valence-electron chi connectivity index (χ0n) is 10.9. The molecule has 0 radical (unpaired) electrons. The second kappa shape index (κ2) is 5.68. The summed E-state index contributed by atoms with van der Waals surface area (Å²) in [6.45, 7) is 12.2. The SMILES string of the molecule is CCNc1nc(C(C)C)nc(NCC)c1C. The van der Waals surface area contributed by atoms with Crippen LogP contribution in [0.3, 0.4) is 0 Å². The first-order valence-corrected chi connectivity index (χ1v) is 5.96. The van der Waals surface area contributed by atoms with E-state index in [9.17, 15) is 0 Å². The molecule has 0 aliphatic heterocycles. The first-order chi connectivity index (χ1) is 7.60. The summed E-state index contributed by atoms with van der Waals surface area (Å²) in [5, 5.41) is 6.56. The predicted octanol–water partition coefficient (Wildman–Crippen LogP) is 2.77. The Kier molecular flexibility index (Phi) is 4.52. The minimum absolute atomic E-state index is 0.343. The molecule has 2 N–H and O–H groups in total. The fraction of sp³-hybridized carbons (Fsp3) is 0.667. The van der Waals surface area contributed by atoms with E-state index < -0.39 is 0 Å². The Morgan fingerprint density at radius 3 is 1.75 bits per heavy atom. The molecule has 0 saturated carbocycles. The Labute approximate surface area is 97.9 Å². The van der Waals surface area contributed by atoms with Gasteiger partial charge >= 0.3 is 0 Å². The normalized spacial score (nSPS) is 10.6. The van der Waals surface area contributed by atoms with Crippen LogP contribution in [0.15, 0.2) is 0 Å². The van der Waals surface area contributed by atoms with Crippen molar-refractivity contribution in [1.29, 1.82) is 0 Å². The molecule has 0 atom stereocenters. The largest absolute Gasteiger partial charge is 0.370 e. The van der Waals surface area contributed by atoms with Gasteiger partial charge in [0.1, 0.15) is 17.5 Å². The molecule has 90 valence electrons. The zero-order valence-corrected chi connectivity index (χ0v) is 10.9. The summed E-state index contributed by atoms with van der Waals surface area (Å²) >= 11 is 0. The molecule has 0 unspecified atom stereocenters. The van der Waals surface area contributed by atoms with E-state index in [1.54, 1.807) is 0 Å². The number of rotatable bonds is 5. The molecule has 0 aromatic carbocycles. The van der Waals surface area contributed by atoms with Crippen LogP contribution in [0.2, 0.25) is 0 Å². The van der Waals surface area contributed by atoms with Crippen molar-refractivity contribution in [1.82, 2.24) is 9.97 Å². The predicted molar refractivity (Wildman–Crippen MR) is 69.2 cm³/mol. The van der Waals surface area contributed by atoms with Gasteiger partial charge in [-0.15, -0.1) is 0 Å². The van der Waals surface area contributed by atoms with Gasteiger partial charge in [0.2, 0.25) is 0 Å².